The van der Waals surface area contributed by atoms with Crippen LogP contribution < -0.4 is 15.4 Å². The highest BCUT2D eigenvalue weighted by atomic mass is 19.1. The number of unbranched alkanes of at least 4 members (excludes halogenated alkanes) is 1. The van der Waals surface area contributed by atoms with Gasteiger partial charge in [0.2, 0.25) is 0 Å². The van der Waals surface area contributed by atoms with Gasteiger partial charge in [-0.3, -0.25) is 10.1 Å². The molecule has 0 fully saturated rings. The summed E-state index contributed by atoms with van der Waals surface area (Å²) in [6, 6.07) is 5.51. The Labute approximate surface area is 217 Å². The van der Waals surface area contributed by atoms with Gasteiger partial charge in [-0.15, -0.1) is 0 Å². The second-order valence-corrected chi connectivity index (χ2v) is 9.37. The standard InChI is InChI=1S/C26H36FN7O3/c1-19(35)24(32-26-30-15-20(14-28)16-34(26)36)10-13-33(17-22(27)18-37-2)12-4-3-7-23-9-8-21-6-5-11-29-25(21)31-23/h8-9,15-16,22,24,36H,3-7,10-13,17-18H2,1-2H3,(H,29,31)/p+1/t22-,24?/m0/s1. The van der Waals surface area contributed by atoms with E-state index in [2.05, 4.69) is 27.8 Å². The molecule has 0 aliphatic carbocycles. The van der Waals surface area contributed by atoms with Crippen molar-refractivity contribution in [2.75, 3.05) is 50.5 Å². The fourth-order valence-corrected chi connectivity index (χ4v) is 4.38. The van der Waals surface area contributed by atoms with Gasteiger partial charge >= 0.3 is 5.95 Å². The minimum Gasteiger partial charge on any atom is -0.382 e. The van der Waals surface area contributed by atoms with Gasteiger partial charge in [0.15, 0.2) is 5.78 Å². The summed E-state index contributed by atoms with van der Waals surface area (Å²) in [4.78, 5) is 23.0. The number of anilines is 2. The Kier molecular flexibility index (Phi) is 11.0. The monoisotopic (exact) mass is 514 g/mol. The number of fused-ring (bicyclic) bond motifs is 1. The molecule has 0 saturated heterocycles. The highest BCUT2D eigenvalue weighted by molar-refractivity contribution is 5.83. The Hall–Kier alpha value is -3.36. The Bertz CT molecular complexity index is 1080. The van der Waals surface area contributed by atoms with E-state index in [1.165, 1.54) is 32.0 Å². The fourth-order valence-electron chi connectivity index (χ4n) is 4.38. The normalized spacial score (nSPS) is 14.4. The van der Waals surface area contributed by atoms with Crippen molar-refractivity contribution in [3.63, 3.8) is 0 Å². The van der Waals surface area contributed by atoms with Gasteiger partial charge in [0, 0.05) is 38.9 Å². The van der Waals surface area contributed by atoms with E-state index in [0.29, 0.717) is 24.2 Å². The van der Waals surface area contributed by atoms with Crippen molar-refractivity contribution in [1.29, 1.82) is 5.26 Å². The number of halogens is 1. The van der Waals surface area contributed by atoms with Crippen LogP contribution in [0.4, 0.5) is 16.2 Å². The van der Waals surface area contributed by atoms with Crippen LogP contribution in [0.5, 0.6) is 0 Å². The summed E-state index contributed by atoms with van der Waals surface area (Å²) < 4.78 is 20.1. The zero-order chi connectivity index (χ0) is 26.6. The lowest BCUT2D eigenvalue weighted by Crippen LogP contribution is -2.42. The summed E-state index contributed by atoms with van der Waals surface area (Å²) in [6.45, 7) is 3.78. The van der Waals surface area contributed by atoms with Crippen LogP contribution in [0.25, 0.3) is 0 Å². The van der Waals surface area contributed by atoms with E-state index in [1.54, 1.807) is 0 Å². The van der Waals surface area contributed by atoms with Crippen molar-refractivity contribution in [1.82, 2.24) is 14.9 Å². The van der Waals surface area contributed by atoms with Crippen molar-refractivity contribution >= 4 is 17.5 Å². The molecule has 0 bridgehead atoms. The third-order valence-electron chi connectivity index (χ3n) is 6.37. The maximum Gasteiger partial charge on any atom is 0.428 e. The number of carbonyl (C=O) groups excluding carboxylic acids is 1. The number of nitrogens with one attached hydrogen (secondary N) is 2. The summed E-state index contributed by atoms with van der Waals surface area (Å²) in [7, 11) is 1.47. The number of carbonyl (C=O) groups is 1. The van der Waals surface area contributed by atoms with Crippen molar-refractivity contribution in [3.8, 4) is 6.07 Å². The predicted octanol–water partition coefficient (Wildman–Crippen LogP) is 2.30. The van der Waals surface area contributed by atoms with Crippen LogP contribution in [0.15, 0.2) is 24.5 Å². The van der Waals surface area contributed by atoms with Gasteiger partial charge in [0.05, 0.1) is 6.61 Å². The molecule has 10 nitrogen and oxygen atoms in total. The molecule has 3 heterocycles. The molecule has 3 N–H and O–H groups in total. The van der Waals surface area contributed by atoms with E-state index in [1.807, 2.05) is 11.0 Å². The lowest BCUT2D eigenvalue weighted by atomic mass is 10.1. The topological polar surface area (TPSA) is 127 Å². The van der Waals surface area contributed by atoms with Gasteiger partial charge in [0.1, 0.15) is 42.1 Å². The molecule has 2 aromatic rings. The van der Waals surface area contributed by atoms with Gasteiger partial charge in [-0.25, -0.2) is 9.37 Å². The number of pyridine rings is 1. The first-order chi connectivity index (χ1) is 17.9. The van der Waals surface area contributed by atoms with Gasteiger partial charge in [-0.2, -0.15) is 5.26 Å². The number of Topliss-reactive ketones (excluding diaryl/α,β-unsaturated/α-hetero) is 1. The van der Waals surface area contributed by atoms with Crippen LogP contribution >= 0.6 is 0 Å². The average Bonchev–Trinajstić information content (AvgIpc) is 2.89. The third-order valence-corrected chi connectivity index (χ3v) is 6.37. The molecule has 0 amide bonds. The first-order valence-corrected chi connectivity index (χ1v) is 12.8. The first-order valence-electron chi connectivity index (χ1n) is 12.8. The lowest BCUT2D eigenvalue weighted by molar-refractivity contribution is -0.895. The van der Waals surface area contributed by atoms with Crippen LogP contribution in [0.3, 0.4) is 0 Å². The Morgan fingerprint density at radius 1 is 1.41 bits per heavy atom. The van der Waals surface area contributed by atoms with Crippen molar-refractivity contribution in [3.05, 3.63) is 41.3 Å². The molecule has 200 valence electrons. The summed E-state index contributed by atoms with van der Waals surface area (Å²) in [5.41, 5.74) is 2.51. The molecule has 11 heteroatoms. The highest BCUT2D eigenvalue weighted by Gasteiger charge is 2.24. The average molecular weight is 515 g/mol. The molecule has 2 atom stereocenters. The second kappa shape index (κ2) is 14.4. The molecule has 0 saturated carbocycles. The maximum absolute atomic E-state index is 14.4. The SMILES string of the molecule is COC[C@@H](F)CN(CCCCc1ccc2c(n1)NCCC2)CCC(Nc1ncc(C#N)c[n+]1O)C(C)=O. The number of hydrogen-bond donors (Lipinski definition) is 3. The minimum atomic E-state index is -1.14. The smallest absolute Gasteiger partial charge is 0.382 e. The quantitative estimate of drug-likeness (QED) is 0.186. The van der Waals surface area contributed by atoms with E-state index in [-0.39, 0.29) is 30.4 Å². The number of ether oxygens (including phenoxy) is 1. The van der Waals surface area contributed by atoms with Crippen molar-refractivity contribution < 1.29 is 23.9 Å². The van der Waals surface area contributed by atoms with Crippen LogP contribution in [0.2, 0.25) is 0 Å². The number of aromatic nitrogens is 3. The predicted molar refractivity (Wildman–Crippen MR) is 136 cm³/mol. The maximum atomic E-state index is 14.4. The van der Waals surface area contributed by atoms with Crippen molar-refractivity contribution in [2.45, 2.75) is 57.7 Å². The molecule has 37 heavy (non-hydrogen) atoms. The second-order valence-electron chi connectivity index (χ2n) is 9.37. The van der Waals surface area contributed by atoms with Crippen molar-refractivity contribution in [2.24, 2.45) is 0 Å². The summed E-state index contributed by atoms with van der Waals surface area (Å²) in [6.07, 6.45) is 6.60. The van der Waals surface area contributed by atoms with E-state index in [9.17, 15) is 14.4 Å². The molecule has 0 spiro atoms. The van der Waals surface area contributed by atoms with Crippen LogP contribution in [-0.2, 0) is 22.4 Å². The zero-order valence-corrected chi connectivity index (χ0v) is 21.6. The molecule has 1 aliphatic heterocycles. The number of hydrogen-bond acceptors (Lipinski definition) is 9. The van der Waals surface area contributed by atoms with E-state index >= 15 is 0 Å². The number of methoxy groups -OCH3 is 1. The van der Waals surface area contributed by atoms with E-state index in [0.717, 1.165) is 50.2 Å². The minimum absolute atomic E-state index is 0.0105. The number of alkyl halides is 1. The summed E-state index contributed by atoms with van der Waals surface area (Å²) in [5.74, 6) is 0.918. The van der Waals surface area contributed by atoms with Crippen LogP contribution in [0, 0.1) is 11.3 Å². The van der Waals surface area contributed by atoms with Crippen LogP contribution in [-0.4, -0.2) is 78.0 Å². The largest absolute Gasteiger partial charge is 0.428 e. The molecule has 1 unspecified atom stereocenters. The third kappa shape index (κ3) is 8.91. The highest BCUT2D eigenvalue weighted by Crippen LogP contribution is 2.20. The number of rotatable bonds is 15. The van der Waals surface area contributed by atoms with Crippen LogP contribution in [0.1, 0.15) is 49.4 Å². The van der Waals surface area contributed by atoms with Gasteiger partial charge in [-0.1, -0.05) is 15.8 Å². The number of nitrogens with zero attached hydrogens (tertiary/aromatic N) is 5. The number of ketones is 1. The first kappa shape index (κ1) is 28.2. The zero-order valence-electron chi connectivity index (χ0n) is 21.6. The molecular formula is C26H37FN7O3+. The fraction of sp³-hybridized carbons (Fsp3) is 0.577. The Morgan fingerprint density at radius 2 is 2.24 bits per heavy atom. The van der Waals surface area contributed by atoms with E-state index in [4.69, 9.17) is 15.0 Å². The lowest BCUT2D eigenvalue weighted by Gasteiger charge is -2.25. The Balaban J connectivity index is 1.54. The van der Waals surface area contributed by atoms with E-state index < -0.39 is 12.2 Å². The number of nitriles is 1. The summed E-state index contributed by atoms with van der Waals surface area (Å²) in [5, 5.41) is 25.3. The number of aryl methyl sites for hydroxylation is 2. The molecule has 2 aromatic heterocycles. The molecule has 3 rings (SSSR count). The molecular weight excluding hydrogens is 477 g/mol. The van der Waals surface area contributed by atoms with Gasteiger partial charge in [0.25, 0.3) is 0 Å². The van der Waals surface area contributed by atoms with Gasteiger partial charge < -0.3 is 20.2 Å². The summed E-state index contributed by atoms with van der Waals surface area (Å²) >= 11 is 0. The van der Waals surface area contributed by atoms with Gasteiger partial charge in [-0.05, 0) is 57.2 Å². The Morgan fingerprint density at radius 3 is 2.97 bits per heavy atom. The molecule has 1 aliphatic rings. The molecule has 0 radical (unpaired) electrons. The molecule has 0 aromatic carbocycles.